The number of H-pyrrole nitrogens is 1. The van der Waals surface area contributed by atoms with Crippen LogP contribution in [0.1, 0.15) is 36.8 Å². The summed E-state index contributed by atoms with van der Waals surface area (Å²) in [6, 6.07) is 4.70. The third-order valence-corrected chi connectivity index (χ3v) is 2.75. The zero-order chi connectivity index (χ0) is 12.8. The van der Waals surface area contributed by atoms with Gasteiger partial charge in [0.2, 0.25) is 0 Å². The molecule has 0 radical (unpaired) electrons. The topological polar surface area (TPSA) is 73.3 Å². The number of carboxylic acid groups (broad SMARTS) is 1. The third-order valence-electron chi connectivity index (χ3n) is 2.75. The Kier molecular flexibility index (Phi) is 2.38. The molecule has 0 spiro atoms. The van der Waals surface area contributed by atoms with Crippen molar-refractivity contribution < 1.29 is 15.0 Å². The number of nitrogens with one attached hydrogen (secondary N) is 1. The van der Waals surface area contributed by atoms with E-state index in [9.17, 15) is 15.0 Å². The van der Waals surface area contributed by atoms with E-state index in [0.717, 1.165) is 5.52 Å². The number of aromatic carboxylic acids is 1. The van der Waals surface area contributed by atoms with Crippen LogP contribution in [0.5, 0.6) is 5.75 Å². The van der Waals surface area contributed by atoms with Crippen molar-refractivity contribution in [1.29, 1.82) is 0 Å². The molecule has 0 unspecified atom stereocenters. The molecular weight excluding hydrogens is 218 g/mol. The molecule has 3 N–H and O–H groups in total. The van der Waals surface area contributed by atoms with Gasteiger partial charge in [0.05, 0.1) is 5.56 Å². The van der Waals surface area contributed by atoms with Gasteiger partial charge >= 0.3 is 5.97 Å². The van der Waals surface area contributed by atoms with E-state index in [-0.39, 0.29) is 16.7 Å². The molecule has 17 heavy (non-hydrogen) atoms. The number of carbonyl (C=O) groups is 1. The molecule has 2 rings (SSSR count). The largest absolute Gasteiger partial charge is 0.508 e. The molecule has 4 heteroatoms. The number of aromatic amines is 1. The van der Waals surface area contributed by atoms with Gasteiger partial charge in [0.1, 0.15) is 5.75 Å². The minimum atomic E-state index is -0.980. The highest BCUT2D eigenvalue weighted by molar-refractivity contribution is 6.05. The van der Waals surface area contributed by atoms with Crippen LogP contribution in [-0.2, 0) is 5.41 Å². The molecular formula is C13H15NO3. The van der Waals surface area contributed by atoms with E-state index in [4.69, 9.17) is 0 Å². The van der Waals surface area contributed by atoms with Gasteiger partial charge in [-0.3, -0.25) is 0 Å². The highest BCUT2D eigenvalue weighted by Crippen LogP contribution is 2.32. The Morgan fingerprint density at radius 3 is 2.47 bits per heavy atom. The maximum absolute atomic E-state index is 11.4. The predicted molar refractivity (Wildman–Crippen MR) is 65.6 cm³/mol. The van der Waals surface area contributed by atoms with Crippen molar-refractivity contribution in [3.63, 3.8) is 0 Å². The summed E-state index contributed by atoms with van der Waals surface area (Å²) in [4.78, 5) is 14.5. The van der Waals surface area contributed by atoms with Crippen LogP contribution in [0.2, 0.25) is 0 Å². The highest BCUT2D eigenvalue weighted by atomic mass is 16.4. The molecule has 4 nitrogen and oxygen atoms in total. The predicted octanol–water partition coefficient (Wildman–Crippen LogP) is 2.87. The minimum Gasteiger partial charge on any atom is -0.508 e. The fraction of sp³-hybridized carbons (Fsp3) is 0.308. The lowest BCUT2D eigenvalue weighted by molar-refractivity contribution is 0.0696. The number of rotatable bonds is 1. The molecule has 0 aliphatic rings. The van der Waals surface area contributed by atoms with Crippen LogP contribution in [-0.4, -0.2) is 21.2 Å². The van der Waals surface area contributed by atoms with Crippen molar-refractivity contribution in [3.8, 4) is 5.75 Å². The first kappa shape index (κ1) is 11.5. The molecule has 1 aromatic carbocycles. The molecule has 0 amide bonds. The second-order valence-corrected chi connectivity index (χ2v) is 5.16. The normalized spacial score (nSPS) is 11.9. The number of carboxylic acids is 1. The fourth-order valence-electron chi connectivity index (χ4n) is 1.96. The van der Waals surface area contributed by atoms with Crippen LogP contribution in [0, 0.1) is 0 Å². The lowest BCUT2D eigenvalue weighted by atomic mass is 9.89. The van der Waals surface area contributed by atoms with Gasteiger partial charge in [-0.1, -0.05) is 20.8 Å². The summed E-state index contributed by atoms with van der Waals surface area (Å²) < 4.78 is 0. The van der Waals surface area contributed by atoms with Crippen molar-refractivity contribution in [2.24, 2.45) is 0 Å². The molecule has 0 aliphatic carbocycles. The summed E-state index contributed by atoms with van der Waals surface area (Å²) in [6.45, 7) is 5.85. The van der Waals surface area contributed by atoms with Crippen molar-refractivity contribution in [2.75, 3.05) is 0 Å². The van der Waals surface area contributed by atoms with E-state index in [1.54, 1.807) is 6.07 Å². The summed E-state index contributed by atoms with van der Waals surface area (Å²) in [5.41, 5.74) is 1.35. The van der Waals surface area contributed by atoms with Crippen LogP contribution < -0.4 is 0 Å². The number of phenols is 1. The maximum Gasteiger partial charge on any atom is 0.338 e. The Bertz CT molecular complexity index is 590. The molecule has 0 bridgehead atoms. The summed E-state index contributed by atoms with van der Waals surface area (Å²) in [5, 5.41) is 19.3. The van der Waals surface area contributed by atoms with Gasteiger partial charge in [0.25, 0.3) is 0 Å². The average Bonchev–Trinajstić information content (AvgIpc) is 2.55. The summed E-state index contributed by atoms with van der Waals surface area (Å²) >= 11 is 0. The molecule has 0 fully saturated rings. The molecule has 1 heterocycles. The second-order valence-electron chi connectivity index (χ2n) is 5.16. The number of hydrogen-bond donors (Lipinski definition) is 3. The Balaban J connectivity index is 2.86. The zero-order valence-corrected chi connectivity index (χ0v) is 10.0. The van der Waals surface area contributed by atoms with E-state index < -0.39 is 5.97 Å². The highest BCUT2D eigenvalue weighted by Gasteiger charge is 2.26. The molecule has 1 aromatic heterocycles. The van der Waals surface area contributed by atoms with E-state index in [2.05, 4.69) is 4.98 Å². The van der Waals surface area contributed by atoms with Gasteiger partial charge < -0.3 is 15.2 Å². The van der Waals surface area contributed by atoms with Gasteiger partial charge in [-0.25, -0.2) is 4.79 Å². The first-order valence-electron chi connectivity index (χ1n) is 5.39. The standard InChI is InChI=1S/C13H15NO3/c1-13(2,3)11-10(12(16)17)8-6-7(15)4-5-9(8)14-11/h4-6,14-15H,1-3H3,(H,16,17). The second kappa shape index (κ2) is 3.52. The third kappa shape index (κ3) is 1.86. The van der Waals surface area contributed by atoms with Gasteiger partial charge in [-0.15, -0.1) is 0 Å². The number of aromatic hydroxyl groups is 1. The molecule has 2 aromatic rings. The van der Waals surface area contributed by atoms with E-state index in [0.29, 0.717) is 11.1 Å². The summed E-state index contributed by atoms with van der Waals surface area (Å²) in [7, 11) is 0. The quantitative estimate of drug-likeness (QED) is 0.709. The van der Waals surface area contributed by atoms with Crippen LogP contribution in [0.3, 0.4) is 0 Å². The summed E-state index contributed by atoms with van der Waals surface area (Å²) in [6.07, 6.45) is 0. The first-order valence-corrected chi connectivity index (χ1v) is 5.39. The van der Waals surface area contributed by atoms with E-state index >= 15 is 0 Å². The lowest BCUT2D eigenvalue weighted by Gasteiger charge is -2.17. The first-order chi connectivity index (χ1) is 7.80. The van der Waals surface area contributed by atoms with Crippen LogP contribution >= 0.6 is 0 Å². The Labute approximate surface area is 98.9 Å². The Hall–Kier alpha value is -1.97. The van der Waals surface area contributed by atoms with Crippen molar-refractivity contribution in [2.45, 2.75) is 26.2 Å². The number of phenolic OH excluding ortho intramolecular Hbond substituents is 1. The van der Waals surface area contributed by atoms with Crippen LogP contribution in [0.4, 0.5) is 0 Å². The lowest BCUT2D eigenvalue weighted by Crippen LogP contribution is -2.16. The van der Waals surface area contributed by atoms with Gasteiger partial charge in [0.15, 0.2) is 0 Å². The number of aromatic nitrogens is 1. The molecule has 0 atom stereocenters. The Morgan fingerprint density at radius 2 is 1.94 bits per heavy atom. The SMILES string of the molecule is CC(C)(C)c1[nH]c2ccc(O)cc2c1C(=O)O. The number of hydrogen-bond acceptors (Lipinski definition) is 2. The fourth-order valence-corrected chi connectivity index (χ4v) is 1.96. The number of fused-ring (bicyclic) bond motifs is 1. The van der Waals surface area contributed by atoms with Crippen molar-refractivity contribution in [3.05, 3.63) is 29.5 Å². The van der Waals surface area contributed by atoms with Crippen LogP contribution in [0.15, 0.2) is 18.2 Å². The Morgan fingerprint density at radius 1 is 1.29 bits per heavy atom. The zero-order valence-electron chi connectivity index (χ0n) is 10.0. The number of benzene rings is 1. The van der Waals surface area contributed by atoms with Crippen molar-refractivity contribution >= 4 is 16.9 Å². The molecule has 0 aliphatic heterocycles. The smallest absolute Gasteiger partial charge is 0.338 e. The molecule has 0 saturated heterocycles. The molecule has 0 saturated carbocycles. The monoisotopic (exact) mass is 233 g/mol. The van der Waals surface area contributed by atoms with Crippen LogP contribution in [0.25, 0.3) is 10.9 Å². The van der Waals surface area contributed by atoms with E-state index in [1.165, 1.54) is 12.1 Å². The summed E-state index contributed by atoms with van der Waals surface area (Å²) in [5.74, 6) is -0.911. The average molecular weight is 233 g/mol. The van der Waals surface area contributed by atoms with Gasteiger partial charge in [-0.2, -0.15) is 0 Å². The van der Waals surface area contributed by atoms with Crippen molar-refractivity contribution in [1.82, 2.24) is 4.98 Å². The maximum atomic E-state index is 11.4. The minimum absolute atomic E-state index is 0.0689. The van der Waals surface area contributed by atoms with E-state index in [1.807, 2.05) is 20.8 Å². The van der Waals surface area contributed by atoms with Gasteiger partial charge in [0, 0.05) is 22.0 Å². The van der Waals surface area contributed by atoms with Gasteiger partial charge in [-0.05, 0) is 18.2 Å². The molecule has 90 valence electrons.